The molecule has 4 nitrogen and oxygen atoms in total. The van der Waals surface area contributed by atoms with Gasteiger partial charge in [0.2, 0.25) is 10.0 Å². The minimum Gasteiger partial charge on any atom is -0.297 e. The van der Waals surface area contributed by atoms with Gasteiger partial charge in [-0.2, -0.15) is 4.31 Å². The molecule has 0 aliphatic carbocycles. The fourth-order valence-electron chi connectivity index (χ4n) is 4.37. The summed E-state index contributed by atoms with van der Waals surface area (Å²) in [6.07, 6.45) is 4.29. The van der Waals surface area contributed by atoms with Crippen LogP contribution in [0.15, 0.2) is 53.4 Å². The summed E-state index contributed by atoms with van der Waals surface area (Å²) < 4.78 is 29.5. The fourth-order valence-corrected chi connectivity index (χ4v) is 6.46. The summed E-state index contributed by atoms with van der Waals surface area (Å²) in [5, 5.41) is 0. The maximum absolute atomic E-state index is 13.9. The van der Waals surface area contributed by atoms with Gasteiger partial charge in [-0.15, -0.1) is 0 Å². The van der Waals surface area contributed by atoms with Crippen molar-refractivity contribution < 1.29 is 8.42 Å². The van der Waals surface area contributed by atoms with E-state index in [0.717, 1.165) is 30.8 Å². The van der Waals surface area contributed by atoms with Gasteiger partial charge in [0.1, 0.15) is 0 Å². The van der Waals surface area contributed by atoms with E-state index in [9.17, 15) is 8.42 Å². The first-order valence-electron chi connectivity index (χ1n) is 12.2. The van der Waals surface area contributed by atoms with E-state index in [0.29, 0.717) is 23.9 Å². The average Bonchev–Trinajstić information content (AvgIpc) is 2.79. The van der Waals surface area contributed by atoms with Gasteiger partial charge >= 0.3 is 0 Å². The smallest absolute Gasteiger partial charge is 0.243 e. The number of hydrogen-bond donors (Lipinski definition) is 0. The molecule has 0 atom stereocenters. The van der Waals surface area contributed by atoms with E-state index >= 15 is 0 Å². The van der Waals surface area contributed by atoms with Crippen LogP contribution in [0.2, 0.25) is 0 Å². The van der Waals surface area contributed by atoms with Crippen molar-refractivity contribution in [2.75, 3.05) is 32.7 Å². The lowest BCUT2D eigenvalue weighted by atomic mass is 9.89. The zero-order valence-corrected chi connectivity index (χ0v) is 21.9. The van der Waals surface area contributed by atoms with Gasteiger partial charge in [-0.3, -0.25) is 4.90 Å². The van der Waals surface area contributed by atoms with Gasteiger partial charge in [0, 0.05) is 32.7 Å². The van der Waals surface area contributed by atoms with Crippen LogP contribution < -0.4 is 0 Å². The Kier molecular flexibility index (Phi) is 8.54. The third kappa shape index (κ3) is 6.14. The number of nitrogens with zero attached hydrogens (tertiary/aromatic N) is 2. The van der Waals surface area contributed by atoms with Crippen molar-refractivity contribution in [3.63, 3.8) is 0 Å². The molecule has 0 saturated carbocycles. The molecule has 1 aliphatic heterocycles. The second-order valence-electron chi connectivity index (χ2n) is 10.0. The van der Waals surface area contributed by atoms with Crippen molar-refractivity contribution in [1.29, 1.82) is 0 Å². The molecular formula is C28H40N2O2S. The Bertz CT molecular complexity index is 1020. The largest absolute Gasteiger partial charge is 0.297 e. The van der Waals surface area contributed by atoms with E-state index in [-0.39, 0.29) is 11.8 Å². The molecule has 0 amide bonds. The van der Waals surface area contributed by atoms with Crippen molar-refractivity contribution in [1.82, 2.24) is 9.21 Å². The number of sulfonamides is 1. The first-order chi connectivity index (χ1) is 15.6. The van der Waals surface area contributed by atoms with Crippen LogP contribution >= 0.6 is 0 Å². The molecule has 0 unspecified atom stereocenters. The van der Waals surface area contributed by atoms with Crippen LogP contribution in [0.25, 0.3) is 6.08 Å². The lowest BCUT2D eigenvalue weighted by Gasteiger charge is -2.35. The van der Waals surface area contributed by atoms with Crippen LogP contribution in [-0.4, -0.2) is 50.3 Å². The predicted octanol–water partition coefficient (Wildman–Crippen LogP) is 6.08. The van der Waals surface area contributed by atoms with Crippen molar-refractivity contribution in [3.05, 3.63) is 70.8 Å². The Hall–Kier alpha value is -1.95. The molecule has 5 heteroatoms. The highest BCUT2D eigenvalue weighted by atomic mass is 32.2. The van der Waals surface area contributed by atoms with Gasteiger partial charge in [0.05, 0.1) is 4.90 Å². The molecule has 33 heavy (non-hydrogen) atoms. The molecule has 1 fully saturated rings. The maximum Gasteiger partial charge on any atom is 0.243 e. The van der Waals surface area contributed by atoms with Crippen LogP contribution in [-0.2, 0) is 10.0 Å². The summed E-state index contributed by atoms with van der Waals surface area (Å²) in [7, 11) is -3.55. The topological polar surface area (TPSA) is 40.6 Å². The van der Waals surface area contributed by atoms with Crippen molar-refractivity contribution in [2.24, 2.45) is 0 Å². The van der Waals surface area contributed by atoms with E-state index in [1.54, 1.807) is 4.31 Å². The molecule has 0 aromatic heterocycles. The zero-order chi connectivity index (χ0) is 24.2. The standard InChI is InChI=1S/C28H40N2O2S/c1-21(2)25-19-26(22(3)4)28(27(20-25)23(5)6)33(31,32)30-17-15-29(16-18-30)14-10-13-24-11-8-7-9-12-24/h7-13,19-23H,14-18H2,1-6H3/b13-10+. The summed E-state index contributed by atoms with van der Waals surface area (Å²) in [4.78, 5) is 2.87. The third-order valence-corrected chi connectivity index (χ3v) is 8.51. The SMILES string of the molecule is CC(C)c1cc(C(C)C)c(S(=O)(=O)N2CCN(C/C=C/c3ccccc3)CC2)c(C(C)C)c1. The molecule has 2 aromatic rings. The van der Waals surface area contributed by atoms with Crippen LogP contribution in [0.1, 0.15) is 81.5 Å². The van der Waals surface area contributed by atoms with Crippen LogP contribution in [0.5, 0.6) is 0 Å². The average molecular weight is 469 g/mol. The zero-order valence-electron chi connectivity index (χ0n) is 21.1. The molecule has 0 N–H and O–H groups in total. The highest BCUT2D eigenvalue weighted by Crippen LogP contribution is 2.36. The van der Waals surface area contributed by atoms with Crippen LogP contribution in [0.4, 0.5) is 0 Å². The lowest BCUT2D eigenvalue weighted by molar-refractivity contribution is 0.204. The minimum atomic E-state index is -3.55. The monoisotopic (exact) mass is 468 g/mol. The Morgan fingerprint density at radius 3 is 1.85 bits per heavy atom. The quantitative estimate of drug-likeness (QED) is 0.472. The van der Waals surface area contributed by atoms with Gasteiger partial charge in [0.25, 0.3) is 0 Å². The third-order valence-electron chi connectivity index (χ3n) is 6.48. The second-order valence-corrected chi connectivity index (χ2v) is 11.9. The molecule has 0 spiro atoms. The van der Waals surface area contributed by atoms with E-state index in [1.165, 1.54) is 11.1 Å². The van der Waals surface area contributed by atoms with Crippen LogP contribution in [0, 0.1) is 0 Å². The Morgan fingerprint density at radius 2 is 1.36 bits per heavy atom. The molecule has 1 heterocycles. The Morgan fingerprint density at radius 1 is 0.818 bits per heavy atom. The molecule has 180 valence electrons. The van der Waals surface area contributed by atoms with Crippen molar-refractivity contribution in [3.8, 4) is 0 Å². The second kappa shape index (κ2) is 11.0. The Balaban J connectivity index is 1.80. The predicted molar refractivity (Wildman–Crippen MR) is 139 cm³/mol. The first-order valence-corrected chi connectivity index (χ1v) is 13.7. The van der Waals surface area contributed by atoms with Crippen molar-refractivity contribution >= 4 is 16.1 Å². The van der Waals surface area contributed by atoms with E-state index < -0.39 is 10.0 Å². The summed E-state index contributed by atoms with van der Waals surface area (Å²) in [6.45, 7) is 16.1. The summed E-state index contributed by atoms with van der Waals surface area (Å²) in [5.74, 6) is 0.662. The normalized spacial score (nSPS) is 16.5. The van der Waals surface area contributed by atoms with E-state index in [4.69, 9.17) is 0 Å². The Labute approximate surface area is 201 Å². The van der Waals surface area contributed by atoms with Gasteiger partial charge in [-0.25, -0.2) is 8.42 Å². The molecule has 2 aromatic carbocycles. The summed E-state index contributed by atoms with van der Waals surface area (Å²) in [5.41, 5.74) is 4.32. The van der Waals surface area contributed by atoms with Gasteiger partial charge in [-0.05, 0) is 40.0 Å². The maximum atomic E-state index is 13.9. The van der Waals surface area contributed by atoms with Crippen molar-refractivity contribution in [2.45, 2.75) is 64.2 Å². The van der Waals surface area contributed by atoms with Gasteiger partial charge in [0.15, 0.2) is 0 Å². The molecule has 0 radical (unpaired) electrons. The van der Waals surface area contributed by atoms with Gasteiger partial charge < -0.3 is 0 Å². The van der Waals surface area contributed by atoms with E-state index in [2.05, 4.69) is 82.9 Å². The number of hydrogen-bond acceptors (Lipinski definition) is 3. The molecule has 1 aliphatic rings. The lowest BCUT2D eigenvalue weighted by Crippen LogP contribution is -2.48. The number of piperazine rings is 1. The summed E-state index contributed by atoms with van der Waals surface area (Å²) in [6, 6.07) is 14.5. The highest BCUT2D eigenvalue weighted by molar-refractivity contribution is 7.89. The molecule has 1 saturated heterocycles. The molecule has 0 bridgehead atoms. The summed E-state index contributed by atoms with van der Waals surface area (Å²) >= 11 is 0. The molecule has 3 rings (SSSR count). The number of rotatable bonds is 8. The minimum absolute atomic E-state index is 0.149. The molecular weight excluding hydrogens is 428 g/mol. The first kappa shape index (κ1) is 25.7. The fraction of sp³-hybridized carbons (Fsp3) is 0.500. The van der Waals surface area contributed by atoms with E-state index in [1.807, 2.05) is 18.2 Å². The van der Waals surface area contributed by atoms with Crippen LogP contribution in [0.3, 0.4) is 0 Å². The number of benzene rings is 2. The van der Waals surface area contributed by atoms with Gasteiger partial charge in [-0.1, -0.05) is 96.2 Å². The highest BCUT2D eigenvalue weighted by Gasteiger charge is 2.33.